The summed E-state index contributed by atoms with van der Waals surface area (Å²) < 4.78 is 16.9. The van der Waals surface area contributed by atoms with E-state index in [9.17, 15) is 4.79 Å². The SMILES string of the molecule is COc1ccc(NC(=O)COc2ccc3ccccc3c2Br)c(OC)c1. The van der Waals surface area contributed by atoms with Crippen LogP contribution in [0.3, 0.4) is 0 Å². The van der Waals surface area contributed by atoms with Crippen LogP contribution in [-0.4, -0.2) is 26.7 Å². The van der Waals surface area contributed by atoms with Crippen LogP contribution in [0.5, 0.6) is 17.2 Å². The number of methoxy groups -OCH3 is 2. The van der Waals surface area contributed by atoms with E-state index >= 15 is 0 Å². The molecular formula is C20H18BrNO4. The molecule has 134 valence electrons. The van der Waals surface area contributed by atoms with Crippen molar-refractivity contribution in [2.24, 2.45) is 0 Å². The molecule has 0 unspecified atom stereocenters. The molecule has 0 fully saturated rings. The third-order valence-electron chi connectivity index (χ3n) is 3.87. The van der Waals surface area contributed by atoms with Gasteiger partial charge in [0.2, 0.25) is 0 Å². The number of hydrogen-bond donors (Lipinski definition) is 1. The number of benzene rings is 3. The van der Waals surface area contributed by atoms with Crippen LogP contribution in [-0.2, 0) is 4.79 Å². The Morgan fingerprint density at radius 2 is 1.81 bits per heavy atom. The maximum Gasteiger partial charge on any atom is 0.262 e. The van der Waals surface area contributed by atoms with Gasteiger partial charge in [0.25, 0.3) is 5.91 Å². The Kier molecular flexibility index (Phi) is 5.63. The van der Waals surface area contributed by atoms with Crippen molar-refractivity contribution in [2.75, 3.05) is 26.1 Å². The summed E-state index contributed by atoms with van der Waals surface area (Å²) in [5.41, 5.74) is 0.555. The molecule has 5 nitrogen and oxygen atoms in total. The molecule has 3 aromatic carbocycles. The van der Waals surface area contributed by atoms with Crippen molar-refractivity contribution in [1.29, 1.82) is 0 Å². The Morgan fingerprint density at radius 3 is 2.58 bits per heavy atom. The number of nitrogens with one attached hydrogen (secondary N) is 1. The maximum absolute atomic E-state index is 12.2. The molecule has 0 atom stereocenters. The summed E-state index contributed by atoms with van der Waals surface area (Å²) in [7, 11) is 3.11. The smallest absolute Gasteiger partial charge is 0.262 e. The van der Waals surface area contributed by atoms with E-state index in [1.54, 1.807) is 25.3 Å². The van der Waals surface area contributed by atoms with Crippen LogP contribution in [0, 0.1) is 0 Å². The summed E-state index contributed by atoms with van der Waals surface area (Å²) >= 11 is 3.55. The van der Waals surface area contributed by atoms with E-state index in [2.05, 4.69) is 21.2 Å². The molecule has 26 heavy (non-hydrogen) atoms. The maximum atomic E-state index is 12.2. The molecular weight excluding hydrogens is 398 g/mol. The molecule has 1 N–H and O–H groups in total. The second-order valence-electron chi connectivity index (χ2n) is 5.50. The van der Waals surface area contributed by atoms with E-state index in [1.807, 2.05) is 36.4 Å². The third-order valence-corrected chi connectivity index (χ3v) is 4.69. The molecule has 0 aromatic heterocycles. The van der Waals surface area contributed by atoms with Gasteiger partial charge in [0.05, 0.1) is 24.4 Å². The largest absolute Gasteiger partial charge is 0.497 e. The Hall–Kier alpha value is -2.73. The van der Waals surface area contributed by atoms with Gasteiger partial charge in [-0.1, -0.05) is 30.3 Å². The van der Waals surface area contributed by atoms with Crippen LogP contribution in [0.1, 0.15) is 0 Å². The predicted molar refractivity (Wildman–Crippen MR) is 105 cm³/mol. The molecule has 0 saturated carbocycles. The first-order chi connectivity index (χ1) is 12.6. The van der Waals surface area contributed by atoms with E-state index < -0.39 is 0 Å². The topological polar surface area (TPSA) is 56.8 Å². The third kappa shape index (κ3) is 3.91. The molecule has 0 heterocycles. The molecule has 6 heteroatoms. The molecule has 0 bridgehead atoms. The Balaban J connectivity index is 1.69. The van der Waals surface area contributed by atoms with E-state index in [0.717, 1.165) is 15.2 Å². The van der Waals surface area contributed by atoms with Crippen molar-refractivity contribution in [1.82, 2.24) is 0 Å². The molecule has 0 aliphatic rings. The van der Waals surface area contributed by atoms with Crippen LogP contribution in [0.25, 0.3) is 10.8 Å². The van der Waals surface area contributed by atoms with Crippen LogP contribution in [0.2, 0.25) is 0 Å². The van der Waals surface area contributed by atoms with Crippen LogP contribution in [0.15, 0.2) is 59.1 Å². The van der Waals surface area contributed by atoms with Crippen molar-refractivity contribution in [2.45, 2.75) is 0 Å². The molecule has 0 radical (unpaired) electrons. The van der Waals surface area contributed by atoms with Crippen molar-refractivity contribution < 1.29 is 19.0 Å². The number of fused-ring (bicyclic) bond motifs is 1. The average molecular weight is 416 g/mol. The van der Waals surface area contributed by atoms with Crippen molar-refractivity contribution in [3.8, 4) is 17.2 Å². The zero-order valence-corrected chi connectivity index (χ0v) is 16.0. The molecule has 0 aliphatic carbocycles. The van der Waals surface area contributed by atoms with Crippen LogP contribution in [0.4, 0.5) is 5.69 Å². The number of amides is 1. The van der Waals surface area contributed by atoms with Gasteiger partial charge in [-0.25, -0.2) is 0 Å². The molecule has 3 rings (SSSR count). The minimum atomic E-state index is -0.284. The lowest BCUT2D eigenvalue weighted by atomic mass is 10.1. The van der Waals surface area contributed by atoms with E-state index in [4.69, 9.17) is 14.2 Å². The summed E-state index contributed by atoms with van der Waals surface area (Å²) in [5, 5.41) is 4.91. The number of anilines is 1. The normalized spacial score (nSPS) is 10.4. The van der Waals surface area contributed by atoms with Gasteiger partial charge in [-0.2, -0.15) is 0 Å². The average Bonchev–Trinajstić information content (AvgIpc) is 2.68. The standard InChI is InChI=1S/C20H18BrNO4/c1-24-14-8-9-16(18(11-14)25-2)22-19(23)12-26-17-10-7-13-5-3-4-6-15(13)20(17)21/h3-11H,12H2,1-2H3,(H,22,23). The number of halogens is 1. The zero-order valence-electron chi connectivity index (χ0n) is 14.4. The van der Waals surface area contributed by atoms with Crippen molar-refractivity contribution in [3.05, 3.63) is 59.1 Å². The summed E-state index contributed by atoms with van der Waals surface area (Å²) in [5.74, 6) is 1.50. The molecule has 0 saturated heterocycles. The summed E-state index contributed by atoms with van der Waals surface area (Å²) in [4.78, 5) is 12.2. The van der Waals surface area contributed by atoms with Gasteiger partial charge < -0.3 is 19.5 Å². The highest BCUT2D eigenvalue weighted by atomic mass is 79.9. The molecule has 0 aliphatic heterocycles. The van der Waals surface area contributed by atoms with E-state index in [0.29, 0.717) is 22.9 Å². The highest BCUT2D eigenvalue weighted by molar-refractivity contribution is 9.10. The lowest BCUT2D eigenvalue weighted by molar-refractivity contribution is -0.118. The van der Waals surface area contributed by atoms with Gasteiger partial charge >= 0.3 is 0 Å². The van der Waals surface area contributed by atoms with Gasteiger partial charge in [-0.05, 0) is 44.9 Å². The first-order valence-corrected chi connectivity index (χ1v) is 8.73. The van der Waals surface area contributed by atoms with Gasteiger partial charge in [0.15, 0.2) is 6.61 Å². The fourth-order valence-electron chi connectivity index (χ4n) is 2.56. The summed E-state index contributed by atoms with van der Waals surface area (Å²) in [6, 6.07) is 16.9. The number of rotatable bonds is 6. The fraction of sp³-hybridized carbons (Fsp3) is 0.150. The van der Waals surface area contributed by atoms with Crippen LogP contribution >= 0.6 is 15.9 Å². The number of carbonyl (C=O) groups is 1. The van der Waals surface area contributed by atoms with Crippen LogP contribution < -0.4 is 19.5 Å². The van der Waals surface area contributed by atoms with Gasteiger partial charge in [-0.3, -0.25) is 4.79 Å². The van der Waals surface area contributed by atoms with Gasteiger partial charge in [-0.15, -0.1) is 0 Å². The molecule has 1 amide bonds. The quantitative estimate of drug-likeness (QED) is 0.637. The lowest BCUT2D eigenvalue weighted by Crippen LogP contribution is -2.20. The Bertz CT molecular complexity index is 942. The molecule has 0 spiro atoms. The fourth-order valence-corrected chi connectivity index (χ4v) is 3.16. The first-order valence-electron chi connectivity index (χ1n) is 7.94. The minimum absolute atomic E-state index is 0.119. The number of ether oxygens (including phenoxy) is 3. The number of carbonyl (C=O) groups excluding carboxylic acids is 1. The lowest BCUT2D eigenvalue weighted by Gasteiger charge is -2.13. The number of hydrogen-bond acceptors (Lipinski definition) is 4. The highest BCUT2D eigenvalue weighted by Gasteiger charge is 2.11. The molecule has 3 aromatic rings. The van der Waals surface area contributed by atoms with E-state index in [-0.39, 0.29) is 12.5 Å². The second-order valence-corrected chi connectivity index (χ2v) is 6.29. The highest BCUT2D eigenvalue weighted by Crippen LogP contribution is 2.33. The Labute approximate surface area is 160 Å². The summed E-state index contributed by atoms with van der Waals surface area (Å²) in [6.07, 6.45) is 0. The second kappa shape index (κ2) is 8.10. The zero-order chi connectivity index (χ0) is 18.5. The van der Waals surface area contributed by atoms with Crippen molar-refractivity contribution >= 4 is 38.3 Å². The van der Waals surface area contributed by atoms with E-state index in [1.165, 1.54) is 7.11 Å². The first kappa shape index (κ1) is 18.1. The van der Waals surface area contributed by atoms with Crippen molar-refractivity contribution in [3.63, 3.8) is 0 Å². The van der Waals surface area contributed by atoms with Gasteiger partial charge in [0.1, 0.15) is 17.2 Å². The summed E-state index contributed by atoms with van der Waals surface area (Å²) in [6.45, 7) is -0.119. The Morgan fingerprint density at radius 1 is 1.00 bits per heavy atom. The minimum Gasteiger partial charge on any atom is -0.497 e. The van der Waals surface area contributed by atoms with Gasteiger partial charge in [0, 0.05) is 6.07 Å². The predicted octanol–water partition coefficient (Wildman–Crippen LogP) is 4.64. The monoisotopic (exact) mass is 415 g/mol.